The monoisotopic (exact) mass is 218 g/mol. The summed E-state index contributed by atoms with van der Waals surface area (Å²) < 4.78 is 5.34. The van der Waals surface area contributed by atoms with Gasteiger partial charge in [-0.2, -0.15) is 0 Å². The summed E-state index contributed by atoms with van der Waals surface area (Å²) in [5.74, 6) is 1.05. The number of nitrogens with one attached hydrogen (secondary N) is 1. The summed E-state index contributed by atoms with van der Waals surface area (Å²) >= 11 is 0. The zero-order valence-electron chi connectivity index (χ0n) is 9.10. The molecule has 1 fully saturated rings. The molecule has 1 aliphatic heterocycles. The van der Waals surface area contributed by atoms with Gasteiger partial charge in [-0.15, -0.1) is 0 Å². The van der Waals surface area contributed by atoms with Crippen molar-refractivity contribution in [1.29, 1.82) is 0 Å². The van der Waals surface area contributed by atoms with E-state index in [9.17, 15) is 0 Å². The van der Waals surface area contributed by atoms with Gasteiger partial charge < -0.3 is 15.5 Å². The van der Waals surface area contributed by atoms with E-state index in [1.807, 2.05) is 19.1 Å². The molecule has 0 aromatic carbocycles. The molecule has 1 saturated heterocycles. The third kappa shape index (κ3) is 1.48. The summed E-state index contributed by atoms with van der Waals surface area (Å²) in [6.45, 7) is 3.20. The van der Waals surface area contributed by atoms with Gasteiger partial charge in [0.2, 0.25) is 0 Å². The number of H-pyrrole nitrogens is 1. The molecule has 0 bridgehead atoms. The molecule has 2 aromatic heterocycles. The minimum Gasteiger partial charge on any atom is -0.379 e. The van der Waals surface area contributed by atoms with E-state index in [1.54, 1.807) is 0 Å². The largest absolute Gasteiger partial charge is 0.379 e. The fraction of sp³-hybridized carbons (Fsp3) is 0.455. The van der Waals surface area contributed by atoms with Gasteiger partial charge >= 0.3 is 0 Å². The van der Waals surface area contributed by atoms with Crippen molar-refractivity contribution < 1.29 is 4.74 Å². The summed E-state index contributed by atoms with van der Waals surface area (Å²) in [5, 5.41) is 0. The Morgan fingerprint density at radius 3 is 3.00 bits per heavy atom. The normalized spacial score (nSPS) is 25.4. The van der Waals surface area contributed by atoms with Crippen LogP contribution in [0, 0.1) is 6.92 Å². The number of imidazole rings is 1. The predicted molar refractivity (Wildman–Crippen MR) is 60.2 cm³/mol. The van der Waals surface area contributed by atoms with Gasteiger partial charge in [0.05, 0.1) is 24.6 Å². The smallest absolute Gasteiger partial charge is 0.177 e. The predicted octanol–water partition coefficient (Wildman–Crippen LogP) is 0.707. The summed E-state index contributed by atoms with van der Waals surface area (Å²) in [5.41, 5.74) is 8.64. The number of ether oxygens (including phenoxy) is 1. The number of hydrogen-bond donors (Lipinski definition) is 2. The highest BCUT2D eigenvalue weighted by molar-refractivity contribution is 5.70. The van der Waals surface area contributed by atoms with Crippen molar-refractivity contribution >= 4 is 11.2 Å². The number of pyridine rings is 1. The average molecular weight is 218 g/mol. The lowest BCUT2D eigenvalue weighted by molar-refractivity contribution is 0.190. The highest BCUT2D eigenvalue weighted by Crippen LogP contribution is 2.23. The van der Waals surface area contributed by atoms with Crippen molar-refractivity contribution in [2.75, 3.05) is 13.2 Å². The number of fused-ring (bicyclic) bond motifs is 1. The third-order valence-electron chi connectivity index (χ3n) is 2.98. The van der Waals surface area contributed by atoms with Crippen LogP contribution in [0.5, 0.6) is 0 Å². The summed E-state index contributed by atoms with van der Waals surface area (Å²) in [4.78, 5) is 12.1. The van der Waals surface area contributed by atoms with Crippen molar-refractivity contribution in [3.63, 3.8) is 0 Å². The molecule has 16 heavy (non-hydrogen) atoms. The lowest BCUT2D eigenvalue weighted by atomic mass is 10.0. The van der Waals surface area contributed by atoms with E-state index in [0.29, 0.717) is 13.2 Å². The van der Waals surface area contributed by atoms with Crippen LogP contribution in [0.3, 0.4) is 0 Å². The molecular formula is C11H14N4O. The Morgan fingerprint density at radius 2 is 2.25 bits per heavy atom. The highest BCUT2D eigenvalue weighted by atomic mass is 16.5. The van der Waals surface area contributed by atoms with Gasteiger partial charge in [0.1, 0.15) is 5.82 Å². The molecule has 5 heteroatoms. The minimum absolute atomic E-state index is 0.0293. The van der Waals surface area contributed by atoms with Gasteiger partial charge in [-0.1, -0.05) is 0 Å². The first kappa shape index (κ1) is 9.74. The molecule has 2 atom stereocenters. The molecule has 84 valence electrons. The molecule has 3 N–H and O–H groups in total. The van der Waals surface area contributed by atoms with Crippen LogP contribution in [0.2, 0.25) is 0 Å². The van der Waals surface area contributed by atoms with Gasteiger partial charge in [-0.05, 0) is 19.1 Å². The van der Waals surface area contributed by atoms with Gasteiger partial charge in [-0.25, -0.2) is 9.97 Å². The molecule has 0 saturated carbocycles. The lowest BCUT2D eigenvalue weighted by Gasteiger charge is -2.08. The van der Waals surface area contributed by atoms with E-state index >= 15 is 0 Å². The van der Waals surface area contributed by atoms with Crippen LogP contribution in [0.15, 0.2) is 12.1 Å². The second kappa shape index (κ2) is 3.54. The lowest BCUT2D eigenvalue weighted by Crippen LogP contribution is -2.27. The zero-order valence-corrected chi connectivity index (χ0v) is 9.10. The number of aromatic nitrogens is 3. The first-order chi connectivity index (χ1) is 7.74. The maximum absolute atomic E-state index is 5.96. The van der Waals surface area contributed by atoms with Gasteiger partial charge in [-0.3, -0.25) is 0 Å². The number of aromatic amines is 1. The Labute approximate surface area is 93.0 Å². The summed E-state index contributed by atoms with van der Waals surface area (Å²) in [6.07, 6.45) is 0. The molecule has 1 aliphatic rings. The second-order valence-electron chi connectivity index (χ2n) is 4.25. The standard InChI is InChI=1S/C11H14N4O/c1-6-2-3-9-11(13-6)15-10(14-9)7-4-16-5-8(7)12/h2-3,7-8H,4-5,12H2,1H3,(H,13,14,15). The van der Waals surface area contributed by atoms with Crippen molar-refractivity contribution in [2.24, 2.45) is 5.73 Å². The summed E-state index contributed by atoms with van der Waals surface area (Å²) in [7, 11) is 0. The Balaban J connectivity index is 2.04. The number of hydrogen-bond acceptors (Lipinski definition) is 4. The van der Waals surface area contributed by atoms with Crippen LogP contribution in [0.25, 0.3) is 11.2 Å². The quantitative estimate of drug-likeness (QED) is 0.739. The summed E-state index contributed by atoms with van der Waals surface area (Å²) in [6, 6.07) is 3.99. The third-order valence-corrected chi connectivity index (χ3v) is 2.98. The Kier molecular flexibility index (Phi) is 2.15. The number of nitrogens with zero attached hydrogens (tertiary/aromatic N) is 2. The maximum Gasteiger partial charge on any atom is 0.177 e. The molecule has 2 unspecified atom stereocenters. The van der Waals surface area contributed by atoms with Crippen molar-refractivity contribution in [1.82, 2.24) is 15.0 Å². The first-order valence-electron chi connectivity index (χ1n) is 5.40. The van der Waals surface area contributed by atoms with Gasteiger partial charge in [0, 0.05) is 11.7 Å². The first-order valence-corrected chi connectivity index (χ1v) is 5.40. The molecule has 0 radical (unpaired) electrons. The van der Waals surface area contributed by atoms with Crippen LogP contribution >= 0.6 is 0 Å². The van der Waals surface area contributed by atoms with Crippen LogP contribution in [0.4, 0.5) is 0 Å². The maximum atomic E-state index is 5.96. The Morgan fingerprint density at radius 1 is 1.38 bits per heavy atom. The Hall–Kier alpha value is -1.46. The molecule has 0 spiro atoms. The van der Waals surface area contributed by atoms with Crippen molar-refractivity contribution in [2.45, 2.75) is 18.9 Å². The van der Waals surface area contributed by atoms with Gasteiger partial charge in [0.25, 0.3) is 0 Å². The molecule has 0 aliphatic carbocycles. The molecule has 3 rings (SSSR count). The second-order valence-corrected chi connectivity index (χ2v) is 4.25. The molecular weight excluding hydrogens is 204 g/mol. The molecule has 0 amide bonds. The number of nitrogens with two attached hydrogens (primary N) is 1. The highest BCUT2D eigenvalue weighted by Gasteiger charge is 2.29. The topological polar surface area (TPSA) is 76.8 Å². The zero-order chi connectivity index (χ0) is 11.1. The van der Waals surface area contributed by atoms with E-state index in [1.165, 1.54) is 0 Å². The number of aryl methyl sites for hydroxylation is 1. The molecule has 5 nitrogen and oxygen atoms in total. The van der Waals surface area contributed by atoms with Crippen LogP contribution in [-0.2, 0) is 4.74 Å². The number of rotatable bonds is 1. The molecule has 3 heterocycles. The average Bonchev–Trinajstić information content (AvgIpc) is 2.82. The fourth-order valence-corrected chi connectivity index (χ4v) is 2.03. The van der Waals surface area contributed by atoms with E-state index in [0.717, 1.165) is 22.7 Å². The van der Waals surface area contributed by atoms with Crippen molar-refractivity contribution in [3.05, 3.63) is 23.7 Å². The minimum atomic E-state index is 0.0293. The van der Waals surface area contributed by atoms with Gasteiger partial charge in [0.15, 0.2) is 5.65 Å². The fourth-order valence-electron chi connectivity index (χ4n) is 2.03. The van der Waals surface area contributed by atoms with Crippen LogP contribution in [-0.4, -0.2) is 34.2 Å². The van der Waals surface area contributed by atoms with E-state index < -0.39 is 0 Å². The van der Waals surface area contributed by atoms with E-state index in [2.05, 4.69) is 15.0 Å². The van der Waals surface area contributed by atoms with Crippen molar-refractivity contribution in [3.8, 4) is 0 Å². The van der Waals surface area contributed by atoms with Crippen LogP contribution < -0.4 is 5.73 Å². The molecule has 2 aromatic rings. The van der Waals surface area contributed by atoms with E-state index in [-0.39, 0.29) is 12.0 Å². The Bertz CT molecular complexity index is 522. The van der Waals surface area contributed by atoms with Crippen LogP contribution in [0.1, 0.15) is 17.4 Å². The SMILES string of the molecule is Cc1ccc2[nH]c(C3COCC3N)nc2n1. The van der Waals surface area contributed by atoms with E-state index in [4.69, 9.17) is 10.5 Å².